The number of benzene rings is 1. The number of hydrogen-bond donors (Lipinski definition) is 0. The van der Waals surface area contributed by atoms with E-state index in [1.165, 1.54) is 5.56 Å². The molecule has 1 aromatic carbocycles. The molecule has 0 aromatic heterocycles. The fraction of sp³-hybridized carbons (Fsp3) is 0.500. The molecule has 0 N–H and O–H groups in total. The summed E-state index contributed by atoms with van der Waals surface area (Å²) < 4.78 is 5.35. The number of hydrogen-bond acceptors (Lipinski definition) is 2. The van der Waals surface area contributed by atoms with Gasteiger partial charge >= 0.3 is 0 Å². The average Bonchev–Trinajstić information content (AvgIpc) is 2.74. The van der Waals surface area contributed by atoms with Crippen molar-refractivity contribution in [3.63, 3.8) is 0 Å². The van der Waals surface area contributed by atoms with Crippen LogP contribution in [0.25, 0.3) is 0 Å². The molecule has 86 valence electrons. The summed E-state index contributed by atoms with van der Waals surface area (Å²) >= 11 is 0. The van der Waals surface area contributed by atoms with Gasteiger partial charge in [0.2, 0.25) is 0 Å². The Balaban J connectivity index is 2.32. The first-order valence-corrected chi connectivity index (χ1v) is 5.79. The van der Waals surface area contributed by atoms with Gasteiger partial charge in [0.15, 0.2) is 5.78 Å². The first kappa shape index (κ1) is 11.3. The largest absolute Gasteiger partial charge is 0.372 e. The molecule has 0 spiro atoms. The minimum atomic E-state index is -0.270. The molecular weight excluding hydrogens is 200 g/mol. The third kappa shape index (κ3) is 1.90. The van der Waals surface area contributed by atoms with Gasteiger partial charge in [0, 0.05) is 11.0 Å². The van der Waals surface area contributed by atoms with Gasteiger partial charge in [0.05, 0.1) is 13.2 Å². The number of carbonyl (C=O) groups excluding carboxylic acids is 1. The third-order valence-corrected chi connectivity index (χ3v) is 3.48. The van der Waals surface area contributed by atoms with Crippen molar-refractivity contribution < 1.29 is 9.53 Å². The highest BCUT2D eigenvalue weighted by Crippen LogP contribution is 2.28. The standard InChI is InChI=1S/C14H18O2/c1-4-14(2,3)13(15)10-5-6-11-8-16-9-12(11)7-10/h5-7H,4,8-9H2,1-3H3. The predicted octanol–water partition coefficient (Wildman–Crippen LogP) is 3.34. The van der Waals surface area contributed by atoms with Gasteiger partial charge in [-0.15, -0.1) is 0 Å². The van der Waals surface area contributed by atoms with E-state index in [1.54, 1.807) is 0 Å². The summed E-state index contributed by atoms with van der Waals surface area (Å²) in [5.74, 6) is 0.227. The second kappa shape index (κ2) is 4.02. The van der Waals surface area contributed by atoms with Crippen molar-refractivity contribution >= 4 is 5.78 Å². The molecule has 1 heterocycles. The number of rotatable bonds is 3. The Bertz CT molecular complexity index is 419. The van der Waals surface area contributed by atoms with E-state index in [0.717, 1.165) is 17.5 Å². The van der Waals surface area contributed by atoms with E-state index >= 15 is 0 Å². The summed E-state index contributed by atoms with van der Waals surface area (Å²) in [6, 6.07) is 5.93. The van der Waals surface area contributed by atoms with Crippen LogP contribution in [-0.4, -0.2) is 5.78 Å². The monoisotopic (exact) mass is 218 g/mol. The number of Topliss-reactive ketones (excluding diaryl/α,β-unsaturated/α-hetero) is 1. The zero-order valence-corrected chi connectivity index (χ0v) is 10.2. The summed E-state index contributed by atoms with van der Waals surface area (Å²) in [5, 5.41) is 0. The molecule has 2 nitrogen and oxygen atoms in total. The van der Waals surface area contributed by atoms with Gasteiger partial charge in [-0.1, -0.05) is 32.9 Å². The van der Waals surface area contributed by atoms with Crippen LogP contribution >= 0.6 is 0 Å². The summed E-state index contributed by atoms with van der Waals surface area (Å²) in [6.45, 7) is 7.37. The number of ketones is 1. The Morgan fingerprint density at radius 3 is 2.69 bits per heavy atom. The zero-order chi connectivity index (χ0) is 11.8. The lowest BCUT2D eigenvalue weighted by Gasteiger charge is -2.21. The SMILES string of the molecule is CCC(C)(C)C(=O)c1ccc2c(c1)COC2. The molecule has 0 unspecified atom stereocenters. The Hall–Kier alpha value is -1.15. The van der Waals surface area contributed by atoms with Crippen LogP contribution in [0.3, 0.4) is 0 Å². The summed E-state index contributed by atoms with van der Waals surface area (Å²) in [5.41, 5.74) is 2.92. The van der Waals surface area contributed by atoms with Crippen LogP contribution in [0.5, 0.6) is 0 Å². The van der Waals surface area contributed by atoms with Crippen molar-refractivity contribution in [2.75, 3.05) is 0 Å². The maximum Gasteiger partial charge on any atom is 0.168 e. The van der Waals surface area contributed by atoms with Crippen LogP contribution in [0.15, 0.2) is 18.2 Å². The molecule has 0 aliphatic carbocycles. The van der Waals surface area contributed by atoms with Crippen molar-refractivity contribution in [2.24, 2.45) is 5.41 Å². The number of ether oxygens (including phenoxy) is 1. The van der Waals surface area contributed by atoms with Crippen LogP contribution < -0.4 is 0 Å². The maximum absolute atomic E-state index is 12.3. The Morgan fingerprint density at radius 2 is 2.00 bits per heavy atom. The van der Waals surface area contributed by atoms with Crippen molar-refractivity contribution in [3.05, 3.63) is 34.9 Å². The summed E-state index contributed by atoms with van der Waals surface area (Å²) in [6.07, 6.45) is 0.861. The molecule has 0 bridgehead atoms. The molecule has 1 aliphatic heterocycles. The Labute approximate surface area is 96.6 Å². The van der Waals surface area contributed by atoms with Gasteiger partial charge in [-0.3, -0.25) is 4.79 Å². The van der Waals surface area contributed by atoms with Crippen LogP contribution in [0.1, 0.15) is 48.7 Å². The van der Waals surface area contributed by atoms with E-state index in [2.05, 4.69) is 0 Å². The molecule has 0 saturated carbocycles. The predicted molar refractivity (Wildman–Crippen MR) is 63.3 cm³/mol. The minimum Gasteiger partial charge on any atom is -0.372 e. The van der Waals surface area contributed by atoms with E-state index in [-0.39, 0.29) is 11.2 Å². The molecule has 0 amide bonds. The molecule has 0 fully saturated rings. The zero-order valence-electron chi connectivity index (χ0n) is 10.2. The molecule has 1 aromatic rings. The highest BCUT2D eigenvalue weighted by atomic mass is 16.5. The second-order valence-corrected chi connectivity index (χ2v) is 5.04. The summed E-state index contributed by atoms with van der Waals surface area (Å²) in [7, 11) is 0. The van der Waals surface area contributed by atoms with Crippen molar-refractivity contribution in [2.45, 2.75) is 40.4 Å². The van der Waals surface area contributed by atoms with E-state index in [9.17, 15) is 4.79 Å². The number of fused-ring (bicyclic) bond motifs is 1. The second-order valence-electron chi connectivity index (χ2n) is 5.04. The first-order valence-electron chi connectivity index (χ1n) is 5.79. The molecule has 1 aliphatic rings. The Morgan fingerprint density at radius 1 is 1.31 bits per heavy atom. The van der Waals surface area contributed by atoms with E-state index in [1.807, 2.05) is 39.0 Å². The van der Waals surface area contributed by atoms with Crippen molar-refractivity contribution in [1.29, 1.82) is 0 Å². The first-order chi connectivity index (χ1) is 7.54. The van der Waals surface area contributed by atoms with Gasteiger partial charge in [-0.05, 0) is 23.6 Å². The smallest absolute Gasteiger partial charge is 0.168 e. The third-order valence-electron chi connectivity index (χ3n) is 3.48. The maximum atomic E-state index is 12.3. The summed E-state index contributed by atoms with van der Waals surface area (Å²) in [4.78, 5) is 12.3. The van der Waals surface area contributed by atoms with Crippen LogP contribution in [-0.2, 0) is 18.0 Å². The molecule has 0 saturated heterocycles. The average molecular weight is 218 g/mol. The van der Waals surface area contributed by atoms with E-state index < -0.39 is 0 Å². The lowest BCUT2D eigenvalue weighted by Crippen LogP contribution is -2.23. The lowest BCUT2D eigenvalue weighted by atomic mass is 9.81. The molecule has 0 atom stereocenters. The van der Waals surface area contributed by atoms with Gasteiger partial charge in [0.1, 0.15) is 0 Å². The van der Waals surface area contributed by atoms with Gasteiger partial charge in [0.25, 0.3) is 0 Å². The van der Waals surface area contributed by atoms with Crippen LogP contribution in [0, 0.1) is 5.41 Å². The minimum absolute atomic E-state index is 0.227. The quantitative estimate of drug-likeness (QED) is 0.727. The van der Waals surface area contributed by atoms with Crippen molar-refractivity contribution in [1.82, 2.24) is 0 Å². The van der Waals surface area contributed by atoms with E-state index in [0.29, 0.717) is 13.2 Å². The fourth-order valence-corrected chi connectivity index (χ4v) is 1.86. The molecule has 16 heavy (non-hydrogen) atoms. The highest BCUT2D eigenvalue weighted by Gasteiger charge is 2.27. The van der Waals surface area contributed by atoms with Crippen molar-refractivity contribution in [3.8, 4) is 0 Å². The van der Waals surface area contributed by atoms with Gasteiger partial charge in [-0.25, -0.2) is 0 Å². The fourth-order valence-electron chi connectivity index (χ4n) is 1.86. The molecule has 2 heteroatoms. The molecular formula is C14H18O2. The Kier molecular flexibility index (Phi) is 2.85. The highest BCUT2D eigenvalue weighted by molar-refractivity contribution is 6.00. The van der Waals surface area contributed by atoms with Crippen LogP contribution in [0.2, 0.25) is 0 Å². The topological polar surface area (TPSA) is 26.3 Å². The molecule has 0 radical (unpaired) electrons. The normalized spacial score (nSPS) is 14.9. The van der Waals surface area contributed by atoms with E-state index in [4.69, 9.17) is 4.74 Å². The lowest BCUT2D eigenvalue weighted by molar-refractivity contribution is 0.0833. The van der Waals surface area contributed by atoms with Gasteiger partial charge in [-0.2, -0.15) is 0 Å². The molecule has 2 rings (SSSR count). The number of carbonyl (C=O) groups is 1. The van der Waals surface area contributed by atoms with Crippen LogP contribution in [0.4, 0.5) is 0 Å². The van der Waals surface area contributed by atoms with Gasteiger partial charge < -0.3 is 4.74 Å².